The van der Waals surface area contributed by atoms with Crippen LogP contribution >= 0.6 is 28.1 Å². The highest BCUT2D eigenvalue weighted by Gasteiger charge is 2.14. The molecule has 21 heavy (non-hydrogen) atoms. The molecule has 0 amide bonds. The van der Waals surface area contributed by atoms with E-state index in [-0.39, 0.29) is 21.8 Å². The van der Waals surface area contributed by atoms with Crippen LogP contribution in [0.3, 0.4) is 0 Å². The number of methoxy groups -OCH3 is 1. The number of hydrogen-bond acceptors (Lipinski definition) is 3. The summed E-state index contributed by atoms with van der Waals surface area (Å²) in [6.07, 6.45) is 0. The molecular weight excluding hydrogens is 357 g/mol. The van der Waals surface area contributed by atoms with Gasteiger partial charge >= 0.3 is 0 Å². The van der Waals surface area contributed by atoms with Crippen LogP contribution in [0.15, 0.2) is 40.9 Å². The fourth-order valence-corrected chi connectivity index (χ4v) is 2.60. The molecule has 2 rings (SSSR count). The van der Waals surface area contributed by atoms with Gasteiger partial charge in [0.15, 0.2) is 11.6 Å². The summed E-state index contributed by atoms with van der Waals surface area (Å²) in [5, 5.41) is 0. The first-order valence-electron chi connectivity index (χ1n) is 6.06. The summed E-state index contributed by atoms with van der Waals surface area (Å²) in [5.74, 6) is 0.328. The maximum atomic E-state index is 14.2. The molecule has 2 N–H and O–H groups in total. The number of benzene rings is 2. The lowest BCUT2D eigenvalue weighted by atomic mass is 10.2. The van der Waals surface area contributed by atoms with Gasteiger partial charge in [-0.1, -0.05) is 24.4 Å². The summed E-state index contributed by atoms with van der Waals surface area (Å²) in [6.45, 7) is 0.229. The van der Waals surface area contributed by atoms with E-state index in [0.29, 0.717) is 5.56 Å². The van der Waals surface area contributed by atoms with Gasteiger partial charge in [0.1, 0.15) is 17.3 Å². The highest BCUT2D eigenvalue weighted by atomic mass is 79.9. The first-order chi connectivity index (χ1) is 10.0. The van der Waals surface area contributed by atoms with Crippen molar-refractivity contribution in [2.24, 2.45) is 5.73 Å². The molecule has 0 saturated heterocycles. The van der Waals surface area contributed by atoms with Gasteiger partial charge in [0.25, 0.3) is 0 Å². The van der Waals surface area contributed by atoms with Gasteiger partial charge in [-0.2, -0.15) is 0 Å². The topological polar surface area (TPSA) is 44.5 Å². The predicted octanol–water partition coefficient (Wildman–Crippen LogP) is 3.81. The van der Waals surface area contributed by atoms with E-state index in [4.69, 9.17) is 27.4 Å². The molecule has 0 heterocycles. The Morgan fingerprint density at radius 2 is 2.10 bits per heavy atom. The maximum Gasteiger partial charge on any atom is 0.179 e. The fraction of sp³-hybridized carbons (Fsp3) is 0.133. The Morgan fingerprint density at radius 1 is 1.33 bits per heavy atom. The molecular formula is C15H13BrFNO2S. The summed E-state index contributed by atoms with van der Waals surface area (Å²) < 4.78 is 25.0. The van der Waals surface area contributed by atoms with Crippen LogP contribution in [0.2, 0.25) is 0 Å². The Labute approximate surface area is 136 Å². The molecule has 3 nitrogen and oxygen atoms in total. The lowest BCUT2D eigenvalue weighted by Gasteiger charge is -2.11. The summed E-state index contributed by atoms with van der Waals surface area (Å²) in [7, 11) is 1.59. The van der Waals surface area contributed by atoms with Crippen molar-refractivity contribution in [3.8, 4) is 11.5 Å². The third kappa shape index (κ3) is 3.71. The molecule has 0 aromatic heterocycles. The van der Waals surface area contributed by atoms with Crippen LogP contribution < -0.4 is 15.2 Å². The molecule has 0 fully saturated rings. The molecule has 2 aromatic carbocycles. The van der Waals surface area contributed by atoms with E-state index in [1.165, 1.54) is 6.07 Å². The number of nitrogens with two attached hydrogens (primary N) is 1. The minimum absolute atomic E-state index is 0.125. The van der Waals surface area contributed by atoms with Gasteiger partial charge in [-0.15, -0.1) is 0 Å². The van der Waals surface area contributed by atoms with Gasteiger partial charge in [-0.3, -0.25) is 0 Å². The second-order valence-corrected chi connectivity index (χ2v) is 5.48. The highest BCUT2D eigenvalue weighted by molar-refractivity contribution is 9.10. The molecule has 0 aliphatic rings. The van der Waals surface area contributed by atoms with Gasteiger partial charge in [0.05, 0.1) is 11.6 Å². The zero-order valence-corrected chi connectivity index (χ0v) is 13.6. The fourth-order valence-electron chi connectivity index (χ4n) is 1.76. The third-order valence-corrected chi connectivity index (χ3v) is 3.84. The smallest absolute Gasteiger partial charge is 0.179 e. The molecule has 0 aliphatic heterocycles. The van der Waals surface area contributed by atoms with Crippen molar-refractivity contribution in [1.82, 2.24) is 0 Å². The van der Waals surface area contributed by atoms with Crippen LogP contribution in [0, 0.1) is 5.82 Å². The SMILES string of the molecule is COc1cccc(COc2ccc(C(N)=S)c(Br)c2F)c1. The van der Waals surface area contributed by atoms with Gasteiger partial charge in [-0.05, 0) is 45.8 Å². The van der Waals surface area contributed by atoms with Crippen LogP contribution in [-0.4, -0.2) is 12.1 Å². The number of rotatable bonds is 5. The van der Waals surface area contributed by atoms with Crippen molar-refractivity contribution in [3.05, 3.63) is 57.8 Å². The van der Waals surface area contributed by atoms with E-state index in [1.54, 1.807) is 13.2 Å². The Kier molecular flexibility index (Phi) is 5.14. The second-order valence-electron chi connectivity index (χ2n) is 4.24. The Bertz CT molecular complexity index is 679. The summed E-state index contributed by atoms with van der Waals surface area (Å²) in [6, 6.07) is 10.5. The van der Waals surface area contributed by atoms with Crippen LogP contribution in [0.1, 0.15) is 11.1 Å². The van der Waals surface area contributed by atoms with E-state index < -0.39 is 5.82 Å². The van der Waals surface area contributed by atoms with Gasteiger partial charge < -0.3 is 15.2 Å². The van der Waals surface area contributed by atoms with Crippen LogP contribution in [0.25, 0.3) is 0 Å². The molecule has 0 radical (unpaired) electrons. The molecule has 110 valence electrons. The largest absolute Gasteiger partial charge is 0.497 e. The van der Waals surface area contributed by atoms with E-state index >= 15 is 0 Å². The number of halogens is 2. The molecule has 0 saturated carbocycles. The predicted molar refractivity (Wildman–Crippen MR) is 87.3 cm³/mol. The molecule has 2 aromatic rings. The van der Waals surface area contributed by atoms with E-state index in [9.17, 15) is 4.39 Å². The van der Waals surface area contributed by atoms with Crippen LogP contribution in [0.4, 0.5) is 4.39 Å². The quantitative estimate of drug-likeness (QED) is 0.813. The highest BCUT2D eigenvalue weighted by Crippen LogP contribution is 2.29. The van der Waals surface area contributed by atoms with Crippen molar-refractivity contribution in [1.29, 1.82) is 0 Å². The Hall–Kier alpha value is -1.66. The maximum absolute atomic E-state index is 14.2. The van der Waals surface area contributed by atoms with Crippen molar-refractivity contribution >= 4 is 33.1 Å². The monoisotopic (exact) mass is 369 g/mol. The number of hydrogen-bond donors (Lipinski definition) is 1. The van der Waals surface area contributed by atoms with E-state index in [1.807, 2.05) is 24.3 Å². The van der Waals surface area contributed by atoms with Crippen molar-refractivity contribution < 1.29 is 13.9 Å². The number of ether oxygens (including phenoxy) is 2. The third-order valence-electron chi connectivity index (χ3n) is 2.84. The van der Waals surface area contributed by atoms with Crippen LogP contribution in [0.5, 0.6) is 11.5 Å². The molecule has 6 heteroatoms. The minimum Gasteiger partial charge on any atom is -0.497 e. The standard InChI is InChI=1S/C15H13BrFNO2S/c1-19-10-4-2-3-9(7-10)8-20-12-6-5-11(15(18)21)13(16)14(12)17/h2-7H,8H2,1H3,(H2,18,21). The van der Waals surface area contributed by atoms with Crippen molar-refractivity contribution in [2.45, 2.75) is 6.61 Å². The molecule has 0 unspecified atom stereocenters. The minimum atomic E-state index is -0.525. The average molecular weight is 370 g/mol. The summed E-state index contributed by atoms with van der Waals surface area (Å²) in [4.78, 5) is 0.125. The molecule has 0 bridgehead atoms. The van der Waals surface area contributed by atoms with Gasteiger partial charge in [-0.25, -0.2) is 4.39 Å². The normalized spacial score (nSPS) is 10.2. The first kappa shape index (κ1) is 15.7. The first-order valence-corrected chi connectivity index (χ1v) is 7.26. The Morgan fingerprint density at radius 3 is 2.76 bits per heavy atom. The van der Waals surface area contributed by atoms with Gasteiger partial charge in [0.2, 0.25) is 0 Å². The molecule has 0 aliphatic carbocycles. The van der Waals surface area contributed by atoms with E-state index in [0.717, 1.165) is 11.3 Å². The van der Waals surface area contributed by atoms with Crippen LogP contribution in [-0.2, 0) is 6.61 Å². The van der Waals surface area contributed by atoms with E-state index in [2.05, 4.69) is 15.9 Å². The average Bonchev–Trinajstić information content (AvgIpc) is 2.48. The molecule has 0 spiro atoms. The van der Waals surface area contributed by atoms with Crippen molar-refractivity contribution in [3.63, 3.8) is 0 Å². The molecule has 0 atom stereocenters. The lowest BCUT2D eigenvalue weighted by molar-refractivity contribution is 0.289. The Balaban J connectivity index is 2.17. The second kappa shape index (κ2) is 6.87. The zero-order valence-electron chi connectivity index (χ0n) is 11.2. The van der Waals surface area contributed by atoms with Gasteiger partial charge in [0, 0.05) is 5.56 Å². The lowest BCUT2D eigenvalue weighted by Crippen LogP contribution is -2.11. The summed E-state index contributed by atoms with van der Waals surface area (Å²) in [5.41, 5.74) is 6.83. The zero-order chi connectivity index (χ0) is 15.4. The number of thiocarbonyl (C=S) groups is 1. The van der Waals surface area contributed by atoms with Crippen molar-refractivity contribution in [2.75, 3.05) is 7.11 Å². The summed E-state index contributed by atoms with van der Waals surface area (Å²) >= 11 is 7.99.